The molecule has 1 aliphatic rings. The second-order valence-corrected chi connectivity index (χ2v) is 6.80. The molecule has 2 N–H and O–H groups in total. The summed E-state index contributed by atoms with van der Waals surface area (Å²) in [6.07, 6.45) is 4.08. The van der Waals surface area contributed by atoms with E-state index in [-0.39, 0.29) is 17.1 Å². The number of amides is 1. The minimum absolute atomic E-state index is 0.0260. The lowest BCUT2D eigenvalue weighted by Gasteiger charge is -2.16. The van der Waals surface area contributed by atoms with Crippen LogP contribution in [0.15, 0.2) is 48.7 Å². The summed E-state index contributed by atoms with van der Waals surface area (Å²) in [6, 6.07) is 11.4. The van der Waals surface area contributed by atoms with Crippen molar-refractivity contribution in [2.45, 2.75) is 18.3 Å². The van der Waals surface area contributed by atoms with E-state index in [0.717, 1.165) is 23.7 Å². The van der Waals surface area contributed by atoms with Crippen LogP contribution in [0.5, 0.6) is 0 Å². The molecule has 0 atom stereocenters. The lowest BCUT2D eigenvalue weighted by molar-refractivity contribution is 0.0949. The summed E-state index contributed by atoms with van der Waals surface area (Å²) in [6.45, 7) is 0.568. The highest BCUT2D eigenvalue weighted by Crippen LogP contribution is 2.50. The first-order chi connectivity index (χ1) is 11.6. The van der Waals surface area contributed by atoms with Gasteiger partial charge >= 0.3 is 0 Å². The number of halogens is 2. The third kappa shape index (κ3) is 2.67. The number of carbonyl (C=O) groups excluding carboxylic acids is 1. The van der Waals surface area contributed by atoms with Gasteiger partial charge in [0.15, 0.2) is 0 Å². The Morgan fingerprint density at radius 1 is 1.21 bits per heavy atom. The van der Waals surface area contributed by atoms with Gasteiger partial charge in [-0.25, -0.2) is 4.39 Å². The molecule has 1 aliphatic carbocycles. The normalized spacial score (nSPS) is 15.4. The number of hydrogen-bond acceptors (Lipinski definition) is 1. The standard InChI is InChI=1S/C19H16ClFN2O/c20-13-3-6-15-16(10-22-17(15)9-13)19(7-8-19)11-23-18(24)12-1-4-14(21)5-2-12/h1-6,9-10,22H,7-8,11H2,(H,23,24). The van der Waals surface area contributed by atoms with Gasteiger partial charge in [-0.3, -0.25) is 4.79 Å². The third-order valence-electron chi connectivity index (χ3n) is 4.76. The van der Waals surface area contributed by atoms with Gasteiger partial charge in [0.25, 0.3) is 5.91 Å². The van der Waals surface area contributed by atoms with Crippen molar-refractivity contribution < 1.29 is 9.18 Å². The zero-order valence-electron chi connectivity index (χ0n) is 12.9. The van der Waals surface area contributed by atoms with E-state index in [9.17, 15) is 9.18 Å². The molecule has 3 nitrogen and oxygen atoms in total. The van der Waals surface area contributed by atoms with Crippen LogP contribution in [0.1, 0.15) is 28.8 Å². The first-order valence-corrected chi connectivity index (χ1v) is 8.26. The molecule has 0 spiro atoms. The summed E-state index contributed by atoms with van der Waals surface area (Å²) in [4.78, 5) is 15.5. The quantitative estimate of drug-likeness (QED) is 0.724. The number of carbonyl (C=O) groups is 1. The molecule has 1 saturated carbocycles. The van der Waals surface area contributed by atoms with E-state index in [1.807, 2.05) is 24.4 Å². The van der Waals surface area contributed by atoms with Crippen molar-refractivity contribution in [1.29, 1.82) is 0 Å². The second kappa shape index (κ2) is 5.64. The van der Waals surface area contributed by atoms with Gasteiger partial charge in [0.05, 0.1) is 0 Å². The SMILES string of the molecule is O=C(NCC1(c2c[nH]c3cc(Cl)ccc23)CC1)c1ccc(F)cc1. The number of benzene rings is 2. The summed E-state index contributed by atoms with van der Waals surface area (Å²) in [5.41, 5.74) is 2.67. The monoisotopic (exact) mass is 342 g/mol. The molecule has 0 saturated heterocycles. The summed E-state index contributed by atoms with van der Waals surface area (Å²) in [7, 11) is 0. The largest absolute Gasteiger partial charge is 0.361 e. The van der Waals surface area contributed by atoms with Gasteiger partial charge in [-0.15, -0.1) is 0 Å². The molecule has 0 radical (unpaired) electrons. The zero-order valence-corrected chi connectivity index (χ0v) is 13.7. The van der Waals surface area contributed by atoms with Crippen molar-refractivity contribution in [3.63, 3.8) is 0 Å². The highest BCUT2D eigenvalue weighted by molar-refractivity contribution is 6.31. The number of aromatic nitrogens is 1. The summed E-state index contributed by atoms with van der Waals surface area (Å²) < 4.78 is 13.0. The lowest BCUT2D eigenvalue weighted by atomic mass is 9.95. The smallest absolute Gasteiger partial charge is 0.251 e. The van der Waals surface area contributed by atoms with E-state index in [4.69, 9.17) is 11.6 Å². The van der Waals surface area contributed by atoms with Gasteiger partial charge in [-0.2, -0.15) is 0 Å². The minimum Gasteiger partial charge on any atom is -0.361 e. The van der Waals surface area contributed by atoms with Gasteiger partial charge in [0.2, 0.25) is 0 Å². The molecule has 1 aromatic heterocycles. The van der Waals surface area contributed by atoms with Crippen molar-refractivity contribution in [3.8, 4) is 0 Å². The van der Waals surface area contributed by atoms with Gasteiger partial charge in [-0.1, -0.05) is 17.7 Å². The molecule has 4 rings (SSSR count). The third-order valence-corrected chi connectivity index (χ3v) is 5.00. The van der Waals surface area contributed by atoms with E-state index in [0.29, 0.717) is 17.1 Å². The van der Waals surface area contributed by atoms with Gasteiger partial charge in [-0.05, 0) is 54.8 Å². The molecule has 0 bridgehead atoms. The number of fused-ring (bicyclic) bond motifs is 1. The molecule has 3 aromatic rings. The summed E-state index contributed by atoms with van der Waals surface area (Å²) >= 11 is 6.04. The second-order valence-electron chi connectivity index (χ2n) is 6.36. The molecule has 24 heavy (non-hydrogen) atoms. The summed E-state index contributed by atoms with van der Waals surface area (Å²) in [5, 5.41) is 4.83. The highest BCUT2D eigenvalue weighted by atomic mass is 35.5. The van der Waals surface area contributed by atoms with Crippen LogP contribution in [-0.2, 0) is 5.41 Å². The van der Waals surface area contributed by atoms with Crippen LogP contribution in [0.2, 0.25) is 5.02 Å². The molecule has 2 aromatic carbocycles. The highest BCUT2D eigenvalue weighted by Gasteiger charge is 2.45. The average Bonchev–Trinajstić information content (AvgIpc) is 3.25. The van der Waals surface area contributed by atoms with Gasteiger partial charge < -0.3 is 10.3 Å². The Morgan fingerprint density at radius 3 is 2.67 bits per heavy atom. The Hall–Kier alpha value is -2.33. The topological polar surface area (TPSA) is 44.9 Å². The number of aromatic amines is 1. The first kappa shape index (κ1) is 15.2. The molecule has 0 unspecified atom stereocenters. The maximum absolute atomic E-state index is 13.0. The Labute approximate surface area is 143 Å². The maximum atomic E-state index is 13.0. The fourth-order valence-corrected chi connectivity index (χ4v) is 3.35. The van der Waals surface area contributed by atoms with Crippen molar-refractivity contribution in [2.24, 2.45) is 0 Å². The first-order valence-electron chi connectivity index (χ1n) is 7.88. The molecule has 0 aliphatic heterocycles. The minimum atomic E-state index is -0.345. The molecule has 1 heterocycles. The van der Waals surface area contributed by atoms with Crippen LogP contribution in [0.3, 0.4) is 0 Å². The van der Waals surface area contributed by atoms with E-state index >= 15 is 0 Å². The Bertz CT molecular complexity index is 913. The Kier molecular flexibility index (Phi) is 3.57. The number of rotatable bonds is 4. The fraction of sp³-hybridized carbons (Fsp3) is 0.211. The van der Waals surface area contributed by atoms with Crippen LogP contribution < -0.4 is 5.32 Å². The van der Waals surface area contributed by atoms with E-state index in [2.05, 4.69) is 10.3 Å². The van der Waals surface area contributed by atoms with Gasteiger partial charge in [0, 0.05) is 39.6 Å². The number of nitrogens with one attached hydrogen (secondary N) is 2. The van der Waals surface area contributed by atoms with Crippen LogP contribution >= 0.6 is 11.6 Å². The Morgan fingerprint density at radius 2 is 1.96 bits per heavy atom. The summed E-state index contributed by atoms with van der Waals surface area (Å²) in [5.74, 6) is -0.521. The maximum Gasteiger partial charge on any atom is 0.251 e. The predicted molar refractivity (Wildman–Crippen MR) is 93.0 cm³/mol. The number of H-pyrrole nitrogens is 1. The van der Waals surface area contributed by atoms with Crippen LogP contribution in [0.4, 0.5) is 4.39 Å². The molecule has 122 valence electrons. The van der Waals surface area contributed by atoms with E-state index < -0.39 is 0 Å². The average molecular weight is 343 g/mol. The van der Waals surface area contributed by atoms with Crippen LogP contribution in [-0.4, -0.2) is 17.4 Å². The van der Waals surface area contributed by atoms with Gasteiger partial charge in [0.1, 0.15) is 5.82 Å². The number of hydrogen-bond donors (Lipinski definition) is 2. The van der Waals surface area contributed by atoms with Crippen LogP contribution in [0, 0.1) is 5.82 Å². The fourth-order valence-electron chi connectivity index (χ4n) is 3.18. The van der Waals surface area contributed by atoms with E-state index in [1.54, 1.807) is 0 Å². The van der Waals surface area contributed by atoms with E-state index in [1.165, 1.54) is 29.8 Å². The van der Waals surface area contributed by atoms with Crippen molar-refractivity contribution in [3.05, 3.63) is 70.6 Å². The lowest BCUT2D eigenvalue weighted by Crippen LogP contribution is -2.32. The molecular weight excluding hydrogens is 327 g/mol. The zero-order chi connectivity index (χ0) is 16.7. The molecule has 5 heteroatoms. The molecular formula is C19H16ClFN2O. The predicted octanol–water partition coefficient (Wildman–Crippen LogP) is 4.42. The van der Waals surface area contributed by atoms with Crippen molar-refractivity contribution in [2.75, 3.05) is 6.54 Å². The van der Waals surface area contributed by atoms with Crippen molar-refractivity contribution in [1.82, 2.24) is 10.3 Å². The molecule has 1 amide bonds. The molecule has 1 fully saturated rings. The van der Waals surface area contributed by atoms with Crippen LogP contribution in [0.25, 0.3) is 10.9 Å². The van der Waals surface area contributed by atoms with Crippen molar-refractivity contribution >= 4 is 28.4 Å². The Balaban J connectivity index is 1.53.